The Balaban J connectivity index is 1.57. The maximum Gasteiger partial charge on any atom is 0.287 e. The zero-order chi connectivity index (χ0) is 21.1. The van der Waals surface area contributed by atoms with Gasteiger partial charge in [-0.15, -0.1) is 0 Å². The van der Waals surface area contributed by atoms with Crippen molar-refractivity contribution in [3.05, 3.63) is 112 Å². The van der Waals surface area contributed by atoms with Crippen molar-refractivity contribution in [3.63, 3.8) is 0 Å². The SMILES string of the molecule is Cn1ccnc1C(NC(=O)c1ccc(Cn2ccccc2=O)o1)c1ccc(F)cc1. The molecule has 152 valence electrons. The molecule has 1 atom stereocenters. The monoisotopic (exact) mass is 406 g/mol. The van der Waals surface area contributed by atoms with Crippen LogP contribution in [0.3, 0.4) is 0 Å². The Bertz CT molecular complexity index is 1220. The van der Waals surface area contributed by atoms with E-state index < -0.39 is 11.9 Å². The summed E-state index contributed by atoms with van der Waals surface area (Å²) < 4.78 is 22.3. The summed E-state index contributed by atoms with van der Waals surface area (Å²) in [6.45, 7) is 0.216. The molecule has 8 heteroatoms. The number of aromatic nitrogens is 3. The number of aryl methyl sites for hydroxylation is 1. The number of carbonyl (C=O) groups is 1. The molecule has 4 rings (SSSR count). The molecule has 1 unspecified atom stereocenters. The molecule has 3 aromatic heterocycles. The molecular formula is C22H19FN4O3. The first-order valence-corrected chi connectivity index (χ1v) is 9.29. The highest BCUT2D eigenvalue weighted by molar-refractivity contribution is 5.92. The third-order valence-corrected chi connectivity index (χ3v) is 4.71. The van der Waals surface area contributed by atoms with Crippen LogP contribution >= 0.6 is 0 Å². The first-order valence-electron chi connectivity index (χ1n) is 9.29. The van der Waals surface area contributed by atoms with Crippen LogP contribution in [0.2, 0.25) is 0 Å². The second-order valence-corrected chi connectivity index (χ2v) is 6.79. The summed E-state index contributed by atoms with van der Waals surface area (Å²) in [6, 6.07) is 13.3. The predicted octanol–water partition coefficient (Wildman–Crippen LogP) is 2.88. The highest BCUT2D eigenvalue weighted by Crippen LogP contribution is 2.22. The molecular weight excluding hydrogens is 387 g/mol. The average molecular weight is 406 g/mol. The van der Waals surface area contributed by atoms with Crippen molar-refractivity contribution in [2.45, 2.75) is 12.6 Å². The molecule has 7 nitrogen and oxygen atoms in total. The maximum atomic E-state index is 13.4. The molecule has 1 aromatic carbocycles. The number of hydrogen-bond acceptors (Lipinski definition) is 4. The van der Waals surface area contributed by atoms with Crippen LogP contribution in [0.4, 0.5) is 4.39 Å². The van der Waals surface area contributed by atoms with Crippen LogP contribution in [-0.2, 0) is 13.6 Å². The summed E-state index contributed by atoms with van der Waals surface area (Å²) in [7, 11) is 1.81. The summed E-state index contributed by atoms with van der Waals surface area (Å²) in [5.41, 5.74) is 0.521. The third-order valence-electron chi connectivity index (χ3n) is 4.71. The van der Waals surface area contributed by atoms with Crippen molar-refractivity contribution in [3.8, 4) is 0 Å². The molecule has 0 radical (unpaired) electrons. The molecule has 4 aromatic rings. The van der Waals surface area contributed by atoms with Gasteiger partial charge in [0, 0.05) is 31.7 Å². The lowest BCUT2D eigenvalue weighted by atomic mass is 10.1. The molecule has 0 aliphatic carbocycles. The van der Waals surface area contributed by atoms with E-state index in [2.05, 4.69) is 10.3 Å². The van der Waals surface area contributed by atoms with E-state index in [0.29, 0.717) is 17.1 Å². The average Bonchev–Trinajstić information content (AvgIpc) is 3.38. The minimum Gasteiger partial charge on any atom is -0.454 e. The van der Waals surface area contributed by atoms with Gasteiger partial charge in [0.05, 0.1) is 6.54 Å². The molecule has 0 aliphatic rings. The zero-order valence-corrected chi connectivity index (χ0v) is 16.2. The molecule has 0 bridgehead atoms. The second kappa shape index (κ2) is 8.20. The van der Waals surface area contributed by atoms with E-state index >= 15 is 0 Å². The van der Waals surface area contributed by atoms with Gasteiger partial charge >= 0.3 is 0 Å². The predicted molar refractivity (Wildman–Crippen MR) is 107 cm³/mol. The number of hydrogen-bond donors (Lipinski definition) is 1. The number of nitrogens with zero attached hydrogens (tertiary/aromatic N) is 3. The summed E-state index contributed by atoms with van der Waals surface area (Å²) in [5, 5.41) is 2.89. The summed E-state index contributed by atoms with van der Waals surface area (Å²) in [4.78, 5) is 29.0. The number of amides is 1. The zero-order valence-electron chi connectivity index (χ0n) is 16.2. The van der Waals surface area contributed by atoms with E-state index in [1.807, 2.05) is 7.05 Å². The smallest absolute Gasteiger partial charge is 0.287 e. The van der Waals surface area contributed by atoms with E-state index in [-0.39, 0.29) is 23.7 Å². The molecule has 0 fully saturated rings. The Morgan fingerprint density at radius 2 is 1.93 bits per heavy atom. The van der Waals surface area contributed by atoms with E-state index in [1.165, 1.54) is 22.8 Å². The van der Waals surface area contributed by atoms with Crippen LogP contribution in [0.5, 0.6) is 0 Å². The number of nitrogens with one attached hydrogen (secondary N) is 1. The quantitative estimate of drug-likeness (QED) is 0.534. The lowest BCUT2D eigenvalue weighted by Gasteiger charge is -2.18. The third kappa shape index (κ3) is 4.07. The Morgan fingerprint density at radius 1 is 1.13 bits per heavy atom. The van der Waals surface area contributed by atoms with Gasteiger partial charge in [0.2, 0.25) is 0 Å². The fraction of sp³-hybridized carbons (Fsp3) is 0.136. The maximum absolute atomic E-state index is 13.4. The minimum absolute atomic E-state index is 0.107. The van der Waals surface area contributed by atoms with Gasteiger partial charge in [0.1, 0.15) is 23.4 Å². The standard InChI is InChI=1S/C22H19FN4O3/c1-26-13-11-24-21(26)20(15-5-7-16(23)8-6-15)25-22(29)18-10-9-17(30-18)14-27-12-3-2-4-19(27)28/h2-13,20H,14H2,1H3,(H,25,29). The lowest BCUT2D eigenvalue weighted by molar-refractivity contribution is 0.0911. The summed E-state index contributed by atoms with van der Waals surface area (Å²) in [5.74, 6) is 0.367. The lowest BCUT2D eigenvalue weighted by Crippen LogP contribution is -2.30. The number of imidazole rings is 1. The van der Waals surface area contributed by atoms with Gasteiger partial charge in [-0.05, 0) is 35.9 Å². The normalized spacial score (nSPS) is 11.9. The van der Waals surface area contributed by atoms with Crippen LogP contribution < -0.4 is 10.9 Å². The van der Waals surface area contributed by atoms with Gasteiger partial charge in [-0.25, -0.2) is 9.37 Å². The van der Waals surface area contributed by atoms with E-state index in [4.69, 9.17) is 4.42 Å². The first kappa shape index (κ1) is 19.4. The van der Waals surface area contributed by atoms with Gasteiger partial charge in [-0.3, -0.25) is 9.59 Å². The van der Waals surface area contributed by atoms with Crippen molar-refractivity contribution in [2.75, 3.05) is 0 Å². The van der Waals surface area contributed by atoms with Crippen molar-refractivity contribution in [2.24, 2.45) is 7.05 Å². The van der Waals surface area contributed by atoms with E-state index in [9.17, 15) is 14.0 Å². The molecule has 1 N–H and O–H groups in total. The fourth-order valence-electron chi connectivity index (χ4n) is 3.15. The number of benzene rings is 1. The van der Waals surface area contributed by atoms with Crippen molar-refractivity contribution < 1.29 is 13.6 Å². The Labute approximate surface area is 171 Å². The van der Waals surface area contributed by atoms with Gasteiger partial charge < -0.3 is 18.9 Å². The summed E-state index contributed by atoms with van der Waals surface area (Å²) >= 11 is 0. The van der Waals surface area contributed by atoms with Gasteiger partial charge in [0.15, 0.2) is 5.76 Å². The number of pyridine rings is 1. The van der Waals surface area contributed by atoms with Gasteiger partial charge in [-0.1, -0.05) is 18.2 Å². The van der Waals surface area contributed by atoms with Crippen LogP contribution in [0.1, 0.15) is 33.7 Å². The molecule has 30 heavy (non-hydrogen) atoms. The highest BCUT2D eigenvalue weighted by Gasteiger charge is 2.23. The number of rotatable bonds is 6. The largest absolute Gasteiger partial charge is 0.454 e. The molecule has 1 amide bonds. The summed E-state index contributed by atoms with van der Waals surface area (Å²) in [6.07, 6.45) is 5.04. The Hall–Kier alpha value is -3.94. The number of carbonyl (C=O) groups excluding carboxylic acids is 1. The fourth-order valence-corrected chi connectivity index (χ4v) is 3.15. The molecule has 0 aliphatic heterocycles. The van der Waals surface area contributed by atoms with Gasteiger partial charge in [-0.2, -0.15) is 0 Å². The van der Waals surface area contributed by atoms with Gasteiger partial charge in [0.25, 0.3) is 11.5 Å². The van der Waals surface area contributed by atoms with Crippen molar-refractivity contribution >= 4 is 5.91 Å². The van der Waals surface area contributed by atoms with E-state index in [0.717, 1.165) is 0 Å². The minimum atomic E-state index is -0.594. The molecule has 0 spiro atoms. The van der Waals surface area contributed by atoms with Crippen LogP contribution in [-0.4, -0.2) is 20.0 Å². The first-order chi connectivity index (χ1) is 14.5. The molecule has 0 saturated heterocycles. The second-order valence-electron chi connectivity index (χ2n) is 6.79. The highest BCUT2D eigenvalue weighted by atomic mass is 19.1. The van der Waals surface area contributed by atoms with Crippen LogP contribution in [0.25, 0.3) is 0 Å². The van der Waals surface area contributed by atoms with Crippen LogP contribution in [0, 0.1) is 5.82 Å². The molecule has 0 saturated carbocycles. The van der Waals surface area contributed by atoms with E-state index in [1.54, 1.807) is 59.6 Å². The number of halogens is 1. The van der Waals surface area contributed by atoms with Crippen molar-refractivity contribution in [1.29, 1.82) is 0 Å². The van der Waals surface area contributed by atoms with Crippen LogP contribution in [0.15, 0.2) is 82.4 Å². The Kier molecular flexibility index (Phi) is 5.30. The molecule has 3 heterocycles. The van der Waals surface area contributed by atoms with Crippen molar-refractivity contribution in [1.82, 2.24) is 19.4 Å². The number of furan rings is 1. The topological polar surface area (TPSA) is 82.1 Å². The Morgan fingerprint density at radius 3 is 2.63 bits per heavy atom.